The van der Waals surface area contributed by atoms with Crippen molar-refractivity contribution in [1.29, 1.82) is 0 Å². The maximum atomic E-state index is 11.7. The second kappa shape index (κ2) is 6.92. The Morgan fingerprint density at radius 3 is 2.20 bits per heavy atom. The number of carbonyl (C=O) groups is 2. The molecule has 0 radical (unpaired) electrons. The highest BCUT2D eigenvalue weighted by Gasteiger charge is 2.35. The Bertz CT molecular complexity index is 344. The van der Waals surface area contributed by atoms with E-state index >= 15 is 0 Å². The highest BCUT2D eigenvalue weighted by molar-refractivity contribution is 5.80. The second-order valence-electron chi connectivity index (χ2n) is 6.35. The monoisotopic (exact) mass is 287 g/mol. The van der Waals surface area contributed by atoms with Gasteiger partial charge in [-0.2, -0.15) is 0 Å². The van der Waals surface area contributed by atoms with Crippen molar-refractivity contribution in [1.82, 2.24) is 5.32 Å². The van der Waals surface area contributed by atoms with Crippen LogP contribution in [0, 0.1) is 5.92 Å². The van der Waals surface area contributed by atoms with Crippen molar-refractivity contribution < 1.29 is 24.5 Å². The van der Waals surface area contributed by atoms with Gasteiger partial charge >= 0.3 is 12.1 Å². The third-order valence-electron chi connectivity index (χ3n) is 3.41. The highest BCUT2D eigenvalue weighted by atomic mass is 16.6. The molecule has 116 valence electrons. The van der Waals surface area contributed by atoms with Gasteiger partial charge in [0.25, 0.3) is 0 Å². The van der Waals surface area contributed by atoms with Crippen LogP contribution in [0.15, 0.2) is 0 Å². The molecule has 0 aromatic rings. The van der Waals surface area contributed by atoms with Gasteiger partial charge < -0.3 is 20.3 Å². The average Bonchev–Trinajstić information content (AvgIpc) is 2.34. The first-order chi connectivity index (χ1) is 9.20. The summed E-state index contributed by atoms with van der Waals surface area (Å²) < 4.78 is 5.03. The second-order valence-corrected chi connectivity index (χ2v) is 6.35. The molecule has 1 amide bonds. The summed E-state index contributed by atoms with van der Waals surface area (Å²) in [5, 5.41) is 21.7. The number of nitrogens with one attached hydrogen (secondary N) is 1. The van der Waals surface area contributed by atoms with Gasteiger partial charge in [-0.25, -0.2) is 9.59 Å². The van der Waals surface area contributed by atoms with Crippen molar-refractivity contribution >= 4 is 12.1 Å². The molecule has 0 spiro atoms. The number of carbonyl (C=O) groups excluding carboxylic acids is 1. The predicted octanol–water partition coefficient (Wildman–Crippen LogP) is 1.91. The topological polar surface area (TPSA) is 95.9 Å². The lowest BCUT2D eigenvalue weighted by Gasteiger charge is -2.31. The van der Waals surface area contributed by atoms with E-state index in [4.69, 9.17) is 4.74 Å². The molecule has 20 heavy (non-hydrogen) atoms. The highest BCUT2D eigenvalue weighted by Crippen LogP contribution is 2.28. The van der Waals surface area contributed by atoms with E-state index in [1.165, 1.54) is 0 Å². The van der Waals surface area contributed by atoms with Gasteiger partial charge in [-0.15, -0.1) is 0 Å². The molecule has 1 rings (SSSR count). The van der Waals surface area contributed by atoms with Crippen LogP contribution in [-0.4, -0.2) is 40.0 Å². The van der Waals surface area contributed by atoms with Crippen molar-refractivity contribution in [2.75, 3.05) is 0 Å². The molecule has 6 heteroatoms. The summed E-state index contributed by atoms with van der Waals surface area (Å²) in [6, 6.07) is -1.33. The molecular weight excluding hydrogens is 262 g/mol. The number of aliphatic hydroxyl groups excluding tert-OH is 1. The Balaban J connectivity index is 2.63. The molecule has 3 N–H and O–H groups in total. The van der Waals surface area contributed by atoms with Crippen molar-refractivity contribution in [2.24, 2.45) is 5.92 Å². The zero-order valence-corrected chi connectivity index (χ0v) is 12.4. The zero-order chi connectivity index (χ0) is 15.3. The van der Waals surface area contributed by atoms with Crippen LogP contribution >= 0.6 is 0 Å². The Hall–Kier alpha value is -1.30. The minimum absolute atomic E-state index is 0.0835. The SMILES string of the molecule is CC(C)(C)OC(=O)N[C@@H](C(=O)O)[C@H](O)C1CCCCC1. The number of ether oxygens (including phenoxy) is 1. The largest absolute Gasteiger partial charge is 0.480 e. The summed E-state index contributed by atoms with van der Waals surface area (Å²) in [5.41, 5.74) is -0.705. The maximum absolute atomic E-state index is 11.7. The Morgan fingerprint density at radius 2 is 1.75 bits per heavy atom. The summed E-state index contributed by atoms with van der Waals surface area (Å²) in [7, 11) is 0. The zero-order valence-electron chi connectivity index (χ0n) is 12.4. The van der Waals surface area contributed by atoms with E-state index in [2.05, 4.69) is 5.32 Å². The van der Waals surface area contributed by atoms with Crippen LogP contribution in [0.1, 0.15) is 52.9 Å². The number of carboxylic acid groups (broad SMARTS) is 1. The van der Waals surface area contributed by atoms with Crippen LogP contribution in [0.5, 0.6) is 0 Å². The van der Waals surface area contributed by atoms with E-state index in [1.54, 1.807) is 20.8 Å². The first-order valence-corrected chi connectivity index (χ1v) is 7.11. The van der Waals surface area contributed by atoms with Crippen LogP contribution in [0.4, 0.5) is 4.79 Å². The van der Waals surface area contributed by atoms with Crippen LogP contribution in [0.2, 0.25) is 0 Å². The van der Waals surface area contributed by atoms with Crippen LogP contribution in [0.25, 0.3) is 0 Å². The number of aliphatic hydroxyl groups is 1. The quantitative estimate of drug-likeness (QED) is 0.734. The van der Waals surface area contributed by atoms with Crippen molar-refractivity contribution in [2.45, 2.75) is 70.6 Å². The number of alkyl carbamates (subject to hydrolysis) is 1. The summed E-state index contributed by atoms with van der Waals surface area (Å²) in [6.45, 7) is 5.08. The normalized spacial score (nSPS) is 20.0. The van der Waals surface area contributed by atoms with Crippen molar-refractivity contribution in [3.8, 4) is 0 Å². The molecule has 1 saturated carbocycles. The molecule has 1 aliphatic carbocycles. The molecule has 0 aliphatic heterocycles. The summed E-state index contributed by atoms with van der Waals surface area (Å²) >= 11 is 0. The Kier molecular flexibility index (Phi) is 5.80. The maximum Gasteiger partial charge on any atom is 0.408 e. The fraction of sp³-hybridized carbons (Fsp3) is 0.857. The van der Waals surface area contributed by atoms with E-state index < -0.39 is 29.8 Å². The molecule has 6 nitrogen and oxygen atoms in total. The van der Waals surface area contributed by atoms with Gasteiger partial charge in [-0.1, -0.05) is 19.3 Å². The molecular formula is C14H25NO5. The van der Waals surface area contributed by atoms with Gasteiger partial charge in [0.2, 0.25) is 0 Å². The molecule has 0 saturated heterocycles. The summed E-state index contributed by atoms with van der Waals surface area (Å²) in [6.07, 6.45) is 2.77. The fourth-order valence-electron chi connectivity index (χ4n) is 2.48. The first kappa shape index (κ1) is 16.8. The summed E-state index contributed by atoms with van der Waals surface area (Å²) in [5.74, 6) is -1.33. The van der Waals surface area contributed by atoms with E-state index in [1.807, 2.05) is 0 Å². The molecule has 0 aromatic carbocycles. The van der Waals surface area contributed by atoms with Crippen molar-refractivity contribution in [3.63, 3.8) is 0 Å². The van der Waals surface area contributed by atoms with Gasteiger partial charge in [0, 0.05) is 0 Å². The minimum atomic E-state index is -1.33. The van der Waals surface area contributed by atoms with Gasteiger partial charge in [-0.3, -0.25) is 0 Å². The average molecular weight is 287 g/mol. The smallest absolute Gasteiger partial charge is 0.408 e. The van der Waals surface area contributed by atoms with E-state index in [0.29, 0.717) is 0 Å². The van der Waals surface area contributed by atoms with Gasteiger partial charge in [-0.05, 0) is 39.5 Å². The molecule has 0 bridgehead atoms. The van der Waals surface area contributed by atoms with E-state index in [-0.39, 0.29) is 5.92 Å². The van der Waals surface area contributed by atoms with E-state index in [0.717, 1.165) is 32.1 Å². The molecule has 1 aliphatic rings. The van der Waals surface area contributed by atoms with Gasteiger partial charge in [0.05, 0.1) is 6.10 Å². The van der Waals surface area contributed by atoms with Crippen LogP contribution in [-0.2, 0) is 9.53 Å². The molecule has 2 atom stereocenters. The van der Waals surface area contributed by atoms with Crippen molar-refractivity contribution in [3.05, 3.63) is 0 Å². The van der Waals surface area contributed by atoms with Crippen LogP contribution < -0.4 is 5.32 Å². The summed E-state index contributed by atoms with van der Waals surface area (Å²) in [4.78, 5) is 22.9. The number of aliphatic carboxylic acids is 1. The number of hydrogen-bond acceptors (Lipinski definition) is 4. The minimum Gasteiger partial charge on any atom is -0.480 e. The number of hydrogen-bond donors (Lipinski definition) is 3. The Morgan fingerprint density at radius 1 is 1.20 bits per heavy atom. The molecule has 0 heterocycles. The standard InChI is InChI=1S/C14H25NO5/c1-14(2,3)20-13(19)15-10(12(17)18)11(16)9-7-5-4-6-8-9/h9-11,16H,4-8H2,1-3H3,(H,15,19)(H,17,18)/t10-,11-/m1/s1. The lowest BCUT2D eigenvalue weighted by Crippen LogP contribution is -2.52. The lowest BCUT2D eigenvalue weighted by atomic mass is 9.82. The predicted molar refractivity (Wildman–Crippen MR) is 73.4 cm³/mol. The van der Waals surface area contributed by atoms with Gasteiger partial charge in [0.15, 0.2) is 6.04 Å². The van der Waals surface area contributed by atoms with Crippen LogP contribution in [0.3, 0.4) is 0 Å². The molecule has 0 unspecified atom stereocenters. The third-order valence-corrected chi connectivity index (χ3v) is 3.41. The Labute approximate surface area is 119 Å². The first-order valence-electron chi connectivity index (χ1n) is 7.11. The molecule has 1 fully saturated rings. The van der Waals surface area contributed by atoms with E-state index in [9.17, 15) is 19.8 Å². The molecule has 0 aromatic heterocycles. The fourth-order valence-corrected chi connectivity index (χ4v) is 2.48. The third kappa shape index (κ3) is 5.36. The van der Waals surface area contributed by atoms with Gasteiger partial charge in [0.1, 0.15) is 5.60 Å². The lowest BCUT2D eigenvalue weighted by molar-refractivity contribution is -0.144. The number of carboxylic acids is 1. The number of amides is 1. The number of rotatable bonds is 4.